The van der Waals surface area contributed by atoms with Gasteiger partial charge in [0.15, 0.2) is 0 Å². The van der Waals surface area contributed by atoms with Crippen molar-refractivity contribution in [1.82, 2.24) is 0 Å². The van der Waals surface area contributed by atoms with Crippen LogP contribution in [0.5, 0.6) is 0 Å². The lowest BCUT2D eigenvalue weighted by Gasteiger charge is -1.99. The maximum Gasteiger partial charge on any atom is 0.616 e. The van der Waals surface area contributed by atoms with Crippen LogP contribution in [-0.2, 0) is 4.79 Å². The second-order valence-corrected chi connectivity index (χ2v) is 3.95. The highest BCUT2D eigenvalue weighted by molar-refractivity contribution is 6.58. The molecule has 11 heavy (non-hydrogen) atoms. The molecule has 0 unspecified atom stereocenters. The molecule has 0 saturated carbocycles. The summed E-state index contributed by atoms with van der Waals surface area (Å²) < 4.78 is 34.7. The summed E-state index contributed by atoms with van der Waals surface area (Å²) in [6.07, 6.45) is -0.0751. The van der Waals surface area contributed by atoms with Crippen LogP contribution in [0.25, 0.3) is 0 Å². The molecule has 0 amide bonds. The number of carboxylic acid groups (broad SMARTS) is 1. The Hall–Kier alpha value is -0.523. The summed E-state index contributed by atoms with van der Waals surface area (Å²) >= 11 is 0. The van der Waals surface area contributed by atoms with Crippen LogP contribution in [0.4, 0.5) is 12.3 Å². The summed E-state index contributed by atoms with van der Waals surface area (Å²) in [6, 6.07) is -0.750. The van der Waals surface area contributed by atoms with E-state index in [9.17, 15) is 17.1 Å². The van der Waals surface area contributed by atoms with Crippen molar-refractivity contribution in [2.75, 3.05) is 0 Å². The van der Waals surface area contributed by atoms with Crippen LogP contribution in [0.3, 0.4) is 0 Å². The molecule has 0 aromatic heterocycles. The molecule has 0 fully saturated rings. The number of unbranched alkanes of at least 4 members (excludes halogenated alkanes) is 1. The van der Waals surface area contributed by atoms with Crippen LogP contribution in [0.15, 0.2) is 0 Å². The van der Waals surface area contributed by atoms with E-state index in [0.717, 1.165) is 0 Å². The second kappa shape index (κ2) is 4.37. The minimum absolute atomic E-state index is 0.0397. The van der Waals surface area contributed by atoms with E-state index < -0.39 is 21.1 Å². The van der Waals surface area contributed by atoms with E-state index in [2.05, 4.69) is 0 Å². The number of carboxylic acids is 1. The molecular weight excluding hydrogens is 177 g/mol. The maximum atomic E-state index is 11.6. The molecule has 0 saturated heterocycles. The third-order valence-electron chi connectivity index (χ3n) is 1.10. The zero-order valence-corrected chi connectivity index (χ0v) is 6.82. The van der Waals surface area contributed by atoms with Gasteiger partial charge in [-0.15, -0.1) is 0 Å². The van der Waals surface area contributed by atoms with Gasteiger partial charge in [0, 0.05) is 12.5 Å². The van der Waals surface area contributed by atoms with Crippen molar-refractivity contribution in [2.45, 2.75) is 25.3 Å². The number of hydrogen-bond donors (Lipinski definition) is 1. The molecule has 0 bridgehead atoms. The number of carbonyl (C=O) groups is 1. The smallest absolute Gasteiger partial charge is 0.481 e. The minimum Gasteiger partial charge on any atom is -0.481 e. The van der Waals surface area contributed by atoms with Gasteiger partial charge < -0.3 is 5.11 Å². The van der Waals surface area contributed by atoms with Gasteiger partial charge in [-0.25, -0.2) is 12.3 Å². The molecule has 0 aromatic rings. The Morgan fingerprint density at radius 3 is 2.18 bits per heavy atom. The van der Waals surface area contributed by atoms with Crippen LogP contribution in [0.1, 0.15) is 19.3 Å². The molecule has 0 aliphatic carbocycles. The molecule has 0 aromatic carbocycles. The lowest BCUT2D eigenvalue weighted by atomic mass is 10.2. The second-order valence-electron chi connectivity index (χ2n) is 2.22. The molecule has 0 atom stereocenters. The van der Waals surface area contributed by atoms with Crippen LogP contribution in [-0.4, -0.2) is 20.2 Å². The summed E-state index contributed by atoms with van der Waals surface area (Å²) in [5.41, 5.74) is 0. The zero-order chi connectivity index (χ0) is 8.91. The van der Waals surface area contributed by atoms with E-state index in [1.165, 1.54) is 0 Å². The number of aliphatic carboxylic acids is 1. The van der Waals surface area contributed by atoms with Gasteiger partial charge in [-0.1, -0.05) is 0 Å². The number of halogens is 3. The quantitative estimate of drug-likeness (QED) is 0.405. The summed E-state index contributed by atoms with van der Waals surface area (Å²) in [5.74, 6) is -1.03. The van der Waals surface area contributed by atoms with Gasteiger partial charge >= 0.3 is 15.0 Å². The Morgan fingerprint density at radius 1 is 1.27 bits per heavy atom. The summed E-state index contributed by atoms with van der Waals surface area (Å²) in [5, 5.41) is 8.07. The first-order valence-electron chi connectivity index (χ1n) is 3.20. The average Bonchev–Trinajstić information content (AvgIpc) is 1.78. The molecule has 66 valence electrons. The van der Waals surface area contributed by atoms with Crippen LogP contribution >= 0.6 is 0 Å². The Morgan fingerprint density at radius 2 is 1.82 bits per heavy atom. The monoisotopic (exact) mass is 186 g/mol. The van der Waals surface area contributed by atoms with E-state index in [-0.39, 0.29) is 19.3 Å². The van der Waals surface area contributed by atoms with Crippen molar-refractivity contribution >= 4 is 15.0 Å². The number of rotatable bonds is 5. The first-order chi connectivity index (χ1) is 4.92. The molecule has 0 spiro atoms. The Balaban J connectivity index is 3.22. The average molecular weight is 186 g/mol. The first kappa shape index (κ1) is 10.5. The van der Waals surface area contributed by atoms with Gasteiger partial charge in [0.1, 0.15) is 0 Å². The number of hydrogen-bond acceptors (Lipinski definition) is 1. The van der Waals surface area contributed by atoms with Crippen molar-refractivity contribution in [3.05, 3.63) is 0 Å². The fraction of sp³-hybridized carbons (Fsp3) is 0.800. The van der Waals surface area contributed by atoms with Crippen molar-refractivity contribution < 1.29 is 22.2 Å². The Bertz CT molecular complexity index is 134. The maximum absolute atomic E-state index is 11.6. The molecule has 0 aliphatic rings. The Labute approximate surface area is 63.6 Å². The highest BCUT2D eigenvalue weighted by atomic mass is 28.5. The van der Waals surface area contributed by atoms with Gasteiger partial charge in [-0.05, 0) is 12.8 Å². The third kappa shape index (κ3) is 9.48. The fourth-order valence-corrected chi connectivity index (χ4v) is 1.25. The fourth-order valence-electron chi connectivity index (χ4n) is 0.602. The van der Waals surface area contributed by atoms with Gasteiger partial charge in [-0.3, -0.25) is 4.79 Å². The summed E-state index contributed by atoms with van der Waals surface area (Å²) in [4.78, 5) is 9.85. The minimum atomic E-state index is -5.42. The van der Waals surface area contributed by atoms with Crippen molar-refractivity contribution in [3.8, 4) is 0 Å². The van der Waals surface area contributed by atoms with Crippen LogP contribution in [0.2, 0.25) is 6.04 Å². The van der Waals surface area contributed by atoms with Crippen molar-refractivity contribution in [1.29, 1.82) is 0 Å². The predicted molar refractivity (Wildman–Crippen MR) is 35.4 cm³/mol. The summed E-state index contributed by atoms with van der Waals surface area (Å²) in [6.45, 7) is 0. The topological polar surface area (TPSA) is 37.3 Å². The first-order valence-corrected chi connectivity index (χ1v) is 5.04. The van der Waals surface area contributed by atoms with E-state index in [1.54, 1.807) is 0 Å². The van der Waals surface area contributed by atoms with E-state index >= 15 is 0 Å². The zero-order valence-electron chi connectivity index (χ0n) is 5.82. The lowest BCUT2D eigenvalue weighted by molar-refractivity contribution is -0.137. The lowest BCUT2D eigenvalue weighted by Crippen LogP contribution is -2.13. The molecule has 1 N–H and O–H groups in total. The Kier molecular flexibility index (Phi) is 4.17. The molecule has 0 aliphatic heterocycles. The van der Waals surface area contributed by atoms with Gasteiger partial charge in [-0.2, -0.15) is 0 Å². The molecule has 0 rings (SSSR count). The molecule has 0 heterocycles. The van der Waals surface area contributed by atoms with Crippen LogP contribution in [0, 0.1) is 0 Å². The van der Waals surface area contributed by atoms with Crippen LogP contribution < -0.4 is 0 Å². The van der Waals surface area contributed by atoms with Gasteiger partial charge in [0.05, 0.1) is 0 Å². The normalized spacial score (nSPS) is 11.5. The van der Waals surface area contributed by atoms with E-state index in [0.29, 0.717) is 0 Å². The molecular formula is C5H9F3O2Si. The van der Waals surface area contributed by atoms with E-state index in [4.69, 9.17) is 5.11 Å². The third-order valence-corrected chi connectivity index (χ3v) is 2.02. The SMILES string of the molecule is O=C(O)CCCC[Si](F)(F)F. The van der Waals surface area contributed by atoms with E-state index in [1.807, 2.05) is 0 Å². The highest BCUT2D eigenvalue weighted by Gasteiger charge is 2.35. The molecule has 2 nitrogen and oxygen atoms in total. The highest BCUT2D eigenvalue weighted by Crippen LogP contribution is 2.18. The summed E-state index contributed by atoms with van der Waals surface area (Å²) in [7, 11) is -5.42. The standard InChI is InChI=1S/C5H9F3O2Si/c6-11(7,8)4-2-1-3-5(9)10/h1-4H2,(H,9,10). The predicted octanol–water partition coefficient (Wildman–Crippen LogP) is 2.09. The molecule has 6 heteroatoms. The van der Waals surface area contributed by atoms with Gasteiger partial charge in [0.2, 0.25) is 0 Å². The largest absolute Gasteiger partial charge is 0.616 e. The van der Waals surface area contributed by atoms with Crippen molar-refractivity contribution in [3.63, 3.8) is 0 Å². The molecule has 0 radical (unpaired) electrons. The van der Waals surface area contributed by atoms with Gasteiger partial charge in [0.25, 0.3) is 0 Å². The van der Waals surface area contributed by atoms with Crippen molar-refractivity contribution in [2.24, 2.45) is 0 Å².